The lowest BCUT2D eigenvalue weighted by Gasteiger charge is -2.30. The van der Waals surface area contributed by atoms with Crippen molar-refractivity contribution in [2.24, 2.45) is 0 Å². The third kappa shape index (κ3) is 6.16. The summed E-state index contributed by atoms with van der Waals surface area (Å²) in [5, 5.41) is 14.4. The van der Waals surface area contributed by atoms with E-state index >= 15 is 0 Å². The van der Waals surface area contributed by atoms with Crippen molar-refractivity contribution >= 4 is 17.6 Å². The Morgan fingerprint density at radius 2 is 1.66 bits per heavy atom. The topological polar surface area (TPSA) is 117 Å². The van der Waals surface area contributed by atoms with Crippen LogP contribution in [0.15, 0.2) is 46.8 Å². The highest BCUT2D eigenvalue weighted by Gasteiger charge is 2.38. The van der Waals surface area contributed by atoms with E-state index in [1.165, 1.54) is 18.2 Å². The summed E-state index contributed by atoms with van der Waals surface area (Å²) in [7, 11) is 0. The molecule has 174 valence electrons. The average molecular weight is 447 g/mol. The molecule has 9 heteroatoms. The van der Waals surface area contributed by atoms with Gasteiger partial charge in [0.2, 0.25) is 0 Å². The number of hydrogen-bond donors (Lipinski definition) is 1. The van der Waals surface area contributed by atoms with E-state index in [1.807, 2.05) is 13.8 Å². The number of ether oxygens (including phenoxy) is 3. The van der Waals surface area contributed by atoms with Crippen LogP contribution in [0.4, 0.5) is 5.69 Å². The van der Waals surface area contributed by atoms with Crippen LogP contribution in [0.25, 0.3) is 0 Å². The summed E-state index contributed by atoms with van der Waals surface area (Å²) in [6.45, 7) is 10.8. The minimum Gasteiger partial charge on any atom is -0.460 e. The number of dihydropyridines is 1. The molecule has 1 atom stereocenters. The van der Waals surface area contributed by atoms with Gasteiger partial charge in [0.15, 0.2) is 0 Å². The van der Waals surface area contributed by atoms with Crippen LogP contribution in [0.2, 0.25) is 0 Å². The van der Waals surface area contributed by atoms with Gasteiger partial charge < -0.3 is 19.5 Å². The third-order valence-corrected chi connectivity index (χ3v) is 4.72. The molecule has 0 bridgehead atoms. The highest BCUT2D eigenvalue weighted by molar-refractivity contribution is 6.00. The summed E-state index contributed by atoms with van der Waals surface area (Å²) < 4.78 is 16.2. The van der Waals surface area contributed by atoms with Gasteiger partial charge in [0.1, 0.15) is 6.61 Å². The summed E-state index contributed by atoms with van der Waals surface area (Å²) in [5.74, 6) is -2.13. The molecule has 0 amide bonds. The van der Waals surface area contributed by atoms with Gasteiger partial charge in [-0.15, -0.1) is 0 Å². The van der Waals surface area contributed by atoms with Crippen molar-refractivity contribution in [3.8, 4) is 0 Å². The monoisotopic (exact) mass is 446 g/mol. The molecule has 0 spiro atoms. The maximum absolute atomic E-state index is 13.1. The maximum atomic E-state index is 13.1. The average Bonchev–Trinajstić information content (AvgIpc) is 2.69. The van der Waals surface area contributed by atoms with Crippen LogP contribution in [-0.4, -0.2) is 42.3 Å². The standard InChI is InChI=1S/C23H30N2O7/c1-13(2)30-10-11-31-22(26)19-15(5)24-16(6)20(23(27)32-14(3)4)21(19)17-8-7-9-18(12-17)25(28)29/h7-9,12-14,21,24H,10-11H2,1-6H3/t21-/m1/s1. The Morgan fingerprint density at radius 1 is 1.03 bits per heavy atom. The smallest absolute Gasteiger partial charge is 0.337 e. The van der Waals surface area contributed by atoms with Crippen LogP contribution in [0, 0.1) is 10.1 Å². The largest absolute Gasteiger partial charge is 0.460 e. The lowest BCUT2D eigenvalue weighted by atomic mass is 9.80. The van der Waals surface area contributed by atoms with Crippen LogP contribution in [0.3, 0.4) is 0 Å². The van der Waals surface area contributed by atoms with Crippen molar-refractivity contribution in [3.05, 3.63) is 62.5 Å². The number of nitro groups is 1. The lowest BCUT2D eigenvalue weighted by Crippen LogP contribution is -2.33. The highest BCUT2D eigenvalue weighted by Crippen LogP contribution is 2.40. The number of carbonyl (C=O) groups is 2. The zero-order chi connectivity index (χ0) is 24.0. The molecule has 1 N–H and O–H groups in total. The van der Waals surface area contributed by atoms with E-state index in [-0.39, 0.29) is 42.3 Å². The van der Waals surface area contributed by atoms with E-state index in [2.05, 4.69) is 5.32 Å². The second kappa shape index (κ2) is 10.9. The fraction of sp³-hybridized carbons (Fsp3) is 0.478. The van der Waals surface area contributed by atoms with E-state index in [4.69, 9.17) is 14.2 Å². The number of benzene rings is 1. The lowest BCUT2D eigenvalue weighted by molar-refractivity contribution is -0.384. The molecule has 32 heavy (non-hydrogen) atoms. The first kappa shape index (κ1) is 25.1. The van der Waals surface area contributed by atoms with Crippen LogP contribution in [-0.2, 0) is 23.8 Å². The van der Waals surface area contributed by atoms with Crippen molar-refractivity contribution in [3.63, 3.8) is 0 Å². The van der Waals surface area contributed by atoms with Crippen LogP contribution in [0.1, 0.15) is 53.0 Å². The number of esters is 2. The van der Waals surface area contributed by atoms with Gasteiger partial charge in [-0.3, -0.25) is 10.1 Å². The maximum Gasteiger partial charge on any atom is 0.337 e. The van der Waals surface area contributed by atoms with Crippen molar-refractivity contribution in [1.82, 2.24) is 5.32 Å². The minimum atomic E-state index is -0.888. The summed E-state index contributed by atoms with van der Waals surface area (Å²) in [6.07, 6.45) is -0.393. The quantitative estimate of drug-likeness (QED) is 0.264. The third-order valence-electron chi connectivity index (χ3n) is 4.72. The Kier molecular flexibility index (Phi) is 8.54. The molecule has 0 fully saturated rings. The molecular formula is C23H30N2O7. The van der Waals surface area contributed by atoms with Gasteiger partial charge in [0, 0.05) is 23.5 Å². The number of rotatable bonds is 9. The Morgan fingerprint density at radius 3 is 2.22 bits per heavy atom. The first-order chi connectivity index (χ1) is 15.0. The predicted octanol–water partition coefficient (Wildman–Crippen LogP) is 3.75. The zero-order valence-corrected chi connectivity index (χ0v) is 19.3. The Bertz CT molecular complexity index is 947. The van der Waals surface area contributed by atoms with E-state index in [0.29, 0.717) is 17.0 Å². The van der Waals surface area contributed by atoms with Crippen molar-refractivity contribution in [1.29, 1.82) is 0 Å². The van der Waals surface area contributed by atoms with E-state index in [0.717, 1.165) is 0 Å². The van der Waals surface area contributed by atoms with Gasteiger partial charge in [-0.2, -0.15) is 0 Å². The molecule has 9 nitrogen and oxygen atoms in total. The number of non-ortho nitro benzene ring substituents is 1. The number of allylic oxidation sites excluding steroid dienone is 2. The molecule has 0 saturated carbocycles. The molecule has 1 aliphatic heterocycles. The number of carbonyl (C=O) groups excluding carboxylic acids is 2. The molecular weight excluding hydrogens is 416 g/mol. The summed E-state index contributed by atoms with van der Waals surface area (Å²) in [4.78, 5) is 36.9. The number of nitrogens with zero attached hydrogens (tertiary/aromatic N) is 1. The van der Waals surface area contributed by atoms with E-state index < -0.39 is 22.8 Å². The Balaban J connectivity index is 2.51. The summed E-state index contributed by atoms with van der Waals surface area (Å²) >= 11 is 0. The predicted molar refractivity (Wildman–Crippen MR) is 118 cm³/mol. The number of nitrogens with one attached hydrogen (secondary N) is 1. The van der Waals surface area contributed by atoms with Crippen LogP contribution < -0.4 is 5.32 Å². The van der Waals surface area contributed by atoms with Crippen LogP contribution in [0.5, 0.6) is 0 Å². The Labute approximate surface area is 187 Å². The minimum absolute atomic E-state index is 0.00777. The first-order valence-electron chi connectivity index (χ1n) is 10.5. The Hall–Kier alpha value is -3.20. The van der Waals surface area contributed by atoms with Gasteiger partial charge in [0.05, 0.1) is 40.8 Å². The fourth-order valence-corrected chi connectivity index (χ4v) is 3.46. The SMILES string of the molecule is CC1=C(C(=O)OCCOC(C)C)[C@@H](c2cccc([N+](=O)[O-])c2)C(C(=O)OC(C)C)=C(C)N1. The van der Waals surface area contributed by atoms with Crippen molar-refractivity contribution in [2.75, 3.05) is 13.2 Å². The first-order valence-corrected chi connectivity index (χ1v) is 10.5. The van der Waals surface area contributed by atoms with Gasteiger partial charge in [-0.25, -0.2) is 9.59 Å². The van der Waals surface area contributed by atoms with E-state index in [1.54, 1.807) is 33.8 Å². The zero-order valence-electron chi connectivity index (χ0n) is 19.3. The molecule has 0 saturated heterocycles. The highest BCUT2D eigenvalue weighted by atomic mass is 16.6. The van der Waals surface area contributed by atoms with Gasteiger partial charge in [-0.1, -0.05) is 12.1 Å². The molecule has 0 aromatic heterocycles. The second-order valence-electron chi connectivity index (χ2n) is 8.00. The molecule has 1 aliphatic rings. The second-order valence-corrected chi connectivity index (χ2v) is 8.00. The summed E-state index contributed by atoms with van der Waals surface area (Å²) in [6, 6.07) is 5.87. The fourth-order valence-electron chi connectivity index (χ4n) is 3.46. The van der Waals surface area contributed by atoms with Crippen LogP contribution >= 0.6 is 0 Å². The number of nitro benzene ring substituents is 1. The van der Waals surface area contributed by atoms with Crippen molar-refractivity contribution in [2.45, 2.75) is 59.7 Å². The molecule has 1 aromatic carbocycles. The molecule has 0 unspecified atom stereocenters. The van der Waals surface area contributed by atoms with Gasteiger partial charge in [-0.05, 0) is 47.1 Å². The molecule has 1 aromatic rings. The number of hydrogen-bond acceptors (Lipinski definition) is 8. The normalized spacial score (nSPS) is 16.3. The van der Waals surface area contributed by atoms with Crippen molar-refractivity contribution < 1.29 is 28.7 Å². The molecule has 1 heterocycles. The molecule has 0 radical (unpaired) electrons. The molecule has 2 rings (SSSR count). The molecule has 0 aliphatic carbocycles. The van der Waals surface area contributed by atoms with Gasteiger partial charge in [0.25, 0.3) is 5.69 Å². The summed E-state index contributed by atoms with van der Waals surface area (Å²) in [5.41, 5.74) is 1.66. The van der Waals surface area contributed by atoms with Gasteiger partial charge >= 0.3 is 11.9 Å². The van der Waals surface area contributed by atoms with E-state index in [9.17, 15) is 19.7 Å².